The molecule has 0 radical (unpaired) electrons. The molecule has 1 unspecified atom stereocenters. The summed E-state index contributed by atoms with van der Waals surface area (Å²) in [6, 6.07) is 25.7. The van der Waals surface area contributed by atoms with Crippen molar-refractivity contribution in [3.63, 3.8) is 0 Å². The highest BCUT2D eigenvalue weighted by atomic mass is 32.2. The number of aliphatic hydroxyl groups is 1. The maximum absolute atomic E-state index is 10.2. The van der Waals surface area contributed by atoms with Crippen molar-refractivity contribution in [3.8, 4) is 22.6 Å². The second kappa shape index (κ2) is 10.8. The van der Waals surface area contributed by atoms with Crippen LogP contribution in [0.2, 0.25) is 0 Å². The monoisotopic (exact) mass is 448 g/mol. The van der Waals surface area contributed by atoms with E-state index in [0.29, 0.717) is 29.0 Å². The number of hydrogen-bond acceptors (Lipinski definition) is 7. The van der Waals surface area contributed by atoms with Crippen LogP contribution in [0.3, 0.4) is 0 Å². The Labute approximate surface area is 191 Å². The summed E-state index contributed by atoms with van der Waals surface area (Å²) in [4.78, 5) is 0. The van der Waals surface area contributed by atoms with E-state index in [-0.39, 0.29) is 6.61 Å². The Morgan fingerprint density at radius 2 is 1.56 bits per heavy atom. The van der Waals surface area contributed by atoms with Crippen molar-refractivity contribution in [1.29, 1.82) is 0 Å². The van der Waals surface area contributed by atoms with Crippen molar-refractivity contribution in [2.75, 3.05) is 19.5 Å². The number of hydrogen-bond donors (Lipinski definition) is 1. The Kier molecular flexibility index (Phi) is 7.42. The molecule has 3 aromatic carbocycles. The SMILES string of the molecule is COc1ccc(Cc2nnc(SCC(O)COc3ccc(-c4ccccc4)cc3)o2)cc1. The number of rotatable bonds is 10. The molecule has 0 aliphatic rings. The molecule has 0 amide bonds. The van der Waals surface area contributed by atoms with Gasteiger partial charge in [0, 0.05) is 5.75 Å². The fourth-order valence-electron chi connectivity index (χ4n) is 3.07. The first kappa shape index (κ1) is 21.9. The van der Waals surface area contributed by atoms with Crippen LogP contribution in [0.5, 0.6) is 11.5 Å². The Hall–Kier alpha value is -3.29. The number of thioether (sulfide) groups is 1. The average Bonchev–Trinajstić information content (AvgIpc) is 3.30. The van der Waals surface area contributed by atoms with Crippen molar-refractivity contribution in [3.05, 3.63) is 90.3 Å². The molecular weight excluding hydrogens is 424 g/mol. The minimum atomic E-state index is -0.661. The maximum atomic E-state index is 10.2. The Balaban J connectivity index is 1.21. The Morgan fingerprint density at radius 1 is 0.875 bits per heavy atom. The van der Waals surface area contributed by atoms with E-state index in [1.54, 1.807) is 7.11 Å². The number of nitrogens with zero attached hydrogens (tertiary/aromatic N) is 2. The topological polar surface area (TPSA) is 77.6 Å². The van der Waals surface area contributed by atoms with Gasteiger partial charge in [0.1, 0.15) is 18.1 Å². The van der Waals surface area contributed by atoms with Crippen LogP contribution in [0, 0.1) is 0 Å². The lowest BCUT2D eigenvalue weighted by Gasteiger charge is -2.11. The van der Waals surface area contributed by atoms with Gasteiger partial charge in [-0.1, -0.05) is 66.4 Å². The molecule has 1 N–H and O–H groups in total. The number of aromatic nitrogens is 2. The quantitative estimate of drug-likeness (QED) is 0.347. The molecule has 4 aromatic rings. The number of benzene rings is 3. The minimum Gasteiger partial charge on any atom is -0.497 e. The molecule has 0 aliphatic carbocycles. The fraction of sp³-hybridized carbons (Fsp3) is 0.200. The van der Waals surface area contributed by atoms with Crippen LogP contribution in [-0.4, -0.2) is 40.9 Å². The summed E-state index contributed by atoms with van der Waals surface area (Å²) in [6.07, 6.45) is -0.118. The second-order valence-electron chi connectivity index (χ2n) is 7.15. The molecule has 0 saturated carbocycles. The van der Waals surface area contributed by atoms with Gasteiger partial charge in [-0.2, -0.15) is 0 Å². The first-order chi connectivity index (χ1) is 15.7. The zero-order valence-electron chi connectivity index (χ0n) is 17.7. The lowest BCUT2D eigenvalue weighted by Crippen LogP contribution is -2.20. The van der Waals surface area contributed by atoms with Gasteiger partial charge < -0.3 is 19.0 Å². The highest BCUT2D eigenvalue weighted by molar-refractivity contribution is 7.99. The van der Waals surface area contributed by atoms with Crippen LogP contribution in [-0.2, 0) is 6.42 Å². The minimum absolute atomic E-state index is 0.185. The number of aliphatic hydroxyl groups excluding tert-OH is 1. The summed E-state index contributed by atoms with van der Waals surface area (Å²) in [5, 5.41) is 18.8. The van der Waals surface area contributed by atoms with E-state index in [2.05, 4.69) is 22.3 Å². The molecule has 0 saturated heterocycles. The summed E-state index contributed by atoms with van der Waals surface area (Å²) >= 11 is 1.31. The van der Waals surface area contributed by atoms with Gasteiger partial charge in [-0.25, -0.2) is 0 Å². The summed E-state index contributed by atoms with van der Waals surface area (Å²) in [5.74, 6) is 2.45. The van der Waals surface area contributed by atoms with E-state index in [0.717, 1.165) is 22.4 Å². The van der Waals surface area contributed by atoms with Gasteiger partial charge in [-0.3, -0.25) is 0 Å². The lowest BCUT2D eigenvalue weighted by atomic mass is 10.1. The van der Waals surface area contributed by atoms with E-state index in [1.807, 2.05) is 66.7 Å². The molecule has 1 atom stereocenters. The molecule has 0 spiro atoms. The van der Waals surface area contributed by atoms with E-state index < -0.39 is 6.10 Å². The Morgan fingerprint density at radius 3 is 2.28 bits per heavy atom. The van der Waals surface area contributed by atoms with Crippen molar-refractivity contribution >= 4 is 11.8 Å². The summed E-state index contributed by atoms with van der Waals surface area (Å²) in [6.45, 7) is 0.185. The maximum Gasteiger partial charge on any atom is 0.276 e. The van der Waals surface area contributed by atoms with Crippen LogP contribution >= 0.6 is 11.8 Å². The molecule has 4 rings (SSSR count). The normalized spacial score (nSPS) is 11.8. The van der Waals surface area contributed by atoms with Gasteiger partial charge in [0.25, 0.3) is 5.22 Å². The van der Waals surface area contributed by atoms with Gasteiger partial charge in [0.2, 0.25) is 5.89 Å². The van der Waals surface area contributed by atoms with Crippen LogP contribution in [0.15, 0.2) is 88.5 Å². The highest BCUT2D eigenvalue weighted by Crippen LogP contribution is 2.23. The largest absolute Gasteiger partial charge is 0.497 e. The molecular formula is C25H24N2O4S. The van der Waals surface area contributed by atoms with Crippen molar-refractivity contribution in [2.24, 2.45) is 0 Å². The zero-order valence-corrected chi connectivity index (χ0v) is 18.5. The van der Waals surface area contributed by atoms with Crippen molar-refractivity contribution in [2.45, 2.75) is 17.7 Å². The summed E-state index contributed by atoms with van der Waals surface area (Å²) in [7, 11) is 1.64. The van der Waals surface area contributed by atoms with Crippen LogP contribution in [0.1, 0.15) is 11.5 Å². The molecule has 1 aromatic heterocycles. The van der Waals surface area contributed by atoms with E-state index in [9.17, 15) is 5.11 Å². The molecule has 0 aliphatic heterocycles. The summed E-state index contributed by atoms with van der Waals surface area (Å²) < 4.78 is 16.5. The van der Waals surface area contributed by atoms with Crippen molar-refractivity contribution < 1.29 is 19.0 Å². The molecule has 7 heteroatoms. The predicted octanol–water partition coefficient (Wildman–Crippen LogP) is 4.87. The molecule has 0 fully saturated rings. The molecule has 0 bridgehead atoms. The van der Waals surface area contributed by atoms with E-state index >= 15 is 0 Å². The van der Waals surface area contributed by atoms with Crippen molar-refractivity contribution in [1.82, 2.24) is 10.2 Å². The van der Waals surface area contributed by atoms with Gasteiger partial charge in [-0.15, -0.1) is 10.2 Å². The molecule has 6 nitrogen and oxygen atoms in total. The van der Waals surface area contributed by atoms with Crippen LogP contribution in [0.25, 0.3) is 11.1 Å². The predicted molar refractivity (Wildman–Crippen MR) is 124 cm³/mol. The zero-order chi connectivity index (χ0) is 22.2. The van der Waals surface area contributed by atoms with Gasteiger partial charge in [0.05, 0.1) is 19.6 Å². The summed E-state index contributed by atoms with van der Waals surface area (Å²) in [5.41, 5.74) is 3.33. The third kappa shape index (κ3) is 6.12. The number of methoxy groups -OCH3 is 1. The molecule has 32 heavy (non-hydrogen) atoms. The highest BCUT2D eigenvalue weighted by Gasteiger charge is 2.12. The van der Waals surface area contributed by atoms with Gasteiger partial charge >= 0.3 is 0 Å². The number of ether oxygens (including phenoxy) is 2. The smallest absolute Gasteiger partial charge is 0.276 e. The third-order valence-corrected chi connectivity index (χ3v) is 5.73. The van der Waals surface area contributed by atoms with E-state index in [1.165, 1.54) is 11.8 Å². The van der Waals surface area contributed by atoms with Gasteiger partial charge in [-0.05, 0) is 41.0 Å². The average molecular weight is 449 g/mol. The molecule has 164 valence electrons. The van der Waals surface area contributed by atoms with Gasteiger partial charge in [0.15, 0.2) is 0 Å². The third-order valence-electron chi connectivity index (χ3n) is 4.77. The second-order valence-corrected chi connectivity index (χ2v) is 8.12. The first-order valence-electron chi connectivity index (χ1n) is 10.2. The van der Waals surface area contributed by atoms with E-state index in [4.69, 9.17) is 13.9 Å². The lowest BCUT2D eigenvalue weighted by molar-refractivity contribution is 0.126. The standard InChI is InChI=1S/C25H24N2O4S/c1-29-22-11-7-18(8-12-22)15-24-26-27-25(31-24)32-17-21(28)16-30-23-13-9-20(10-14-23)19-5-3-2-4-6-19/h2-14,21,28H,15-17H2,1H3. The molecule has 1 heterocycles. The Bertz CT molecular complexity index is 1100. The first-order valence-corrected chi connectivity index (χ1v) is 11.2. The van der Waals surface area contributed by atoms with Crippen LogP contribution in [0.4, 0.5) is 0 Å². The van der Waals surface area contributed by atoms with Crippen LogP contribution < -0.4 is 9.47 Å². The fourth-order valence-corrected chi connectivity index (χ4v) is 3.75.